The Labute approximate surface area is 99.2 Å². The SMILES string of the molecule is CC1CCCC(C)N1NC1CCCCC1O. The molecule has 0 radical (unpaired) electrons. The topological polar surface area (TPSA) is 35.5 Å². The molecule has 3 nitrogen and oxygen atoms in total. The number of aliphatic hydroxyl groups is 1. The van der Waals surface area contributed by atoms with Crippen LogP contribution in [0.3, 0.4) is 0 Å². The van der Waals surface area contributed by atoms with Gasteiger partial charge in [-0.05, 0) is 39.5 Å². The van der Waals surface area contributed by atoms with Gasteiger partial charge in [0.1, 0.15) is 0 Å². The van der Waals surface area contributed by atoms with Crippen LogP contribution in [-0.4, -0.2) is 34.3 Å². The second kappa shape index (κ2) is 5.48. The molecule has 1 saturated carbocycles. The lowest BCUT2D eigenvalue weighted by atomic mass is 9.92. The van der Waals surface area contributed by atoms with Crippen molar-refractivity contribution >= 4 is 0 Å². The second-order valence-electron chi connectivity index (χ2n) is 5.62. The quantitative estimate of drug-likeness (QED) is 0.756. The summed E-state index contributed by atoms with van der Waals surface area (Å²) in [4.78, 5) is 0. The van der Waals surface area contributed by atoms with Gasteiger partial charge in [0.25, 0.3) is 0 Å². The third-order valence-electron chi connectivity index (χ3n) is 4.24. The van der Waals surface area contributed by atoms with Crippen LogP contribution in [0.1, 0.15) is 58.8 Å². The van der Waals surface area contributed by atoms with Crippen LogP contribution in [0.5, 0.6) is 0 Å². The first-order valence-corrected chi connectivity index (χ1v) is 6.91. The van der Waals surface area contributed by atoms with Crippen molar-refractivity contribution in [2.75, 3.05) is 0 Å². The maximum absolute atomic E-state index is 9.98. The lowest BCUT2D eigenvalue weighted by Gasteiger charge is -2.43. The molecule has 0 amide bonds. The molecule has 4 unspecified atom stereocenters. The normalized spacial score (nSPS) is 42.2. The Morgan fingerprint density at radius 2 is 1.56 bits per heavy atom. The molecule has 2 rings (SSSR count). The van der Waals surface area contributed by atoms with Gasteiger partial charge in [0.2, 0.25) is 0 Å². The molecule has 1 aliphatic carbocycles. The summed E-state index contributed by atoms with van der Waals surface area (Å²) >= 11 is 0. The second-order valence-corrected chi connectivity index (χ2v) is 5.62. The van der Waals surface area contributed by atoms with Crippen LogP contribution in [0, 0.1) is 0 Å². The van der Waals surface area contributed by atoms with Crippen LogP contribution >= 0.6 is 0 Å². The molecular weight excluding hydrogens is 200 g/mol. The molecule has 0 aromatic heterocycles. The van der Waals surface area contributed by atoms with Crippen molar-refractivity contribution in [1.29, 1.82) is 0 Å². The molecular formula is C13H26N2O. The number of nitrogens with one attached hydrogen (secondary N) is 1. The van der Waals surface area contributed by atoms with Gasteiger partial charge in [0.15, 0.2) is 0 Å². The predicted molar refractivity (Wildman–Crippen MR) is 66.0 cm³/mol. The molecule has 0 spiro atoms. The molecule has 4 atom stereocenters. The van der Waals surface area contributed by atoms with Crippen molar-refractivity contribution in [1.82, 2.24) is 10.4 Å². The Morgan fingerprint density at radius 3 is 2.19 bits per heavy atom. The van der Waals surface area contributed by atoms with E-state index in [9.17, 15) is 5.11 Å². The van der Waals surface area contributed by atoms with Gasteiger partial charge in [-0.25, -0.2) is 10.4 Å². The van der Waals surface area contributed by atoms with E-state index in [-0.39, 0.29) is 12.1 Å². The molecule has 3 heteroatoms. The van der Waals surface area contributed by atoms with E-state index in [1.807, 2.05) is 0 Å². The Morgan fingerprint density at radius 1 is 0.938 bits per heavy atom. The van der Waals surface area contributed by atoms with Crippen LogP contribution in [0.4, 0.5) is 0 Å². The highest BCUT2D eigenvalue weighted by Crippen LogP contribution is 2.24. The lowest BCUT2D eigenvalue weighted by molar-refractivity contribution is -0.0152. The third kappa shape index (κ3) is 2.76. The highest BCUT2D eigenvalue weighted by Gasteiger charge is 2.30. The largest absolute Gasteiger partial charge is 0.391 e. The number of rotatable bonds is 2. The molecule has 2 aliphatic rings. The van der Waals surface area contributed by atoms with Gasteiger partial charge < -0.3 is 5.11 Å². The van der Waals surface area contributed by atoms with Gasteiger partial charge in [-0.1, -0.05) is 19.3 Å². The van der Waals surface area contributed by atoms with E-state index < -0.39 is 0 Å². The highest BCUT2D eigenvalue weighted by molar-refractivity contribution is 4.84. The van der Waals surface area contributed by atoms with Crippen molar-refractivity contribution in [3.8, 4) is 0 Å². The van der Waals surface area contributed by atoms with Gasteiger partial charge in [-0.2, -0.15) is 0 Å². The first-order chi connectivity index (χ1) is 7.68. The minimum absolute atomic E-state index is 0.143. The summed E-state index contributed by atoms with van der Waals surface area (Å²) in [7, 11) is 0. The number of aliphatic hydroxyl groups excluding tert-OH is 1. The zero-order chi connectivity index (χ0) is 11.5. The average Bonchev–Trinajstić information content (AvgIpc) is 2.26. The molecule has 2 N–H and O–H groups in total. The first kappa shape index (κ1) is 12.3. The molecule has 1 aliphatic heterocycles. The van der Waals surface area contributed by atoms with E-state index >= 15 is 0 Å². The van der Waals surface area contributed by atoms with Crippen LogP contribution in [-0.2, 0) is 0 Å². The first-order valence-electron chi connectivity index (χ1n) is 6.91. The summed E-state index contributed by atoms with van der Waals surface area (Å²) in [6, 6.07) is 1.51. The van der Waals surface area contributed by atoms with E-state index in [0.29, 0.717) is 12.1 Å². The van der Waals surface area contributed by atoms with E-state index in [2.05, 4.69) is 24.3 Å². The van der Waals surface area contributed by atoms with Gasteiger partial charge in [0, 0.05) is 18.1 Å². The number of hydrazine groups is 1. The molecule has 1 saturated heterocycles. The third-order valence-corrected chi connectivity index (χ3v) is 4.24. The Kier molecular flexibility index (Phi) is 4.22. The predicted octanol–water partition coefficient (Wildman–Crippen LogP) is 2.06. The molecule has 0 bridgehead atoms. The van der Waals surface area contributed by atoms with Gasteiger partial charge in [-0.3, -0.25) is 0 Å². The number of piperidine rings is 1. The maximum Gasteiger partial charge on any atom is 0.0706 e. The standard InChI is InChI=1S/C13H26N2O/c1-10-6-5-7-11(2)15(10)14-12-8-3-4-9-13(12)16/h10-14,16H,3-9H2,1-2H3. The van der Waals surface area contributed by atoms with E-state index in [1.165, 1.54) is 32.1 Å². The Balaban J connectivity index is 1.90. The fraction of sp³-hybridized carbons (Fsp3) is 1.00. The zero-order valence-electron chi connectivity index (χ0n) is 10.7. The molecule has 94 valence electrons. The number of hydrogen-bond acceptors (Lipinski definition) is 3. The van der Waals surface area contributed by atoms with Gasteiger partial charge in [-0.15, -0.1) is 0 Å². The minimum atomic E-state index is -0.143. The highest BCUT2D eigenvalue weighted by atomic mass is 16.3. The molecule has 2 fully saturated rings. The smallest absolute Gasteiger partial charge is 0.0706 e. The van der Waals surface area contributed by atoms with Crippen molar-refractivity contribution in [3.05, 3.63) is 0 Å². The lowest BCUT2D eigenvalue weighted by Crippen LogP contribution is -2.58. The summed E-state index contributed by atoms with van der Waals surface area (Å²) in [5.41, 5.74) is 3.59. The molecule has 0 aromatic carbocycles. The summed E-state index contributed by atoms with van der Waals surface area (Å²) in [6.07, 6.45) is 8.28. The minimum Gasteiger partial charge on any atom is -0.391 e. The Bertz CT molecular complexity index is 212. The van der Waals surface area contributed by atoms with Crippen LogP contribution in [0.2, 0.25) is 0 Å². The van der Waals surface area contributed by atoms with Crippen molar-refractivity contribution in [2.45, 2.75) is 83.0 Å². The summed E-state index contributed by atoms with van der Waals surface area (Å²) < 4.78 is 0. The van der Waals surface area contributed by atoms with Crippen LogP contribution in [0.25, 0.3) is 0 Å². The summed E-state index contributed by atoms with van der Waals surface area (Å²) in [6.45, 7) is 4.58. The zero-order valence-corrected chi connectivity index (χ0v) is 10.7. The fourth-order valence-electron chi connectivity index (χ4n) is 3.13. The maximum atomic E-state index is 9.98. The molecule has 16 heavy (non-hydrogen) atoms. The van der Waals surface area contributed by atoms with Crippen molar-refractivity contribution in [2.24, 2.45) is 0 Å². The molecule has 0 aromatic rings. The van der Waals surface area contributed by atoms with E-state index in [4.69, 9.17) is 0 Å². The number of nitrogens with zero attached hydrogens (tertiary/aromatic N) is 1. The monoisotopic (exact) mass is 226 g/mol. The van der Waals surface area contributed by atoms with Gasteiger partial charge >= 0.3 is 0 Å². The van der Waals surface area contributed by atoms with E-state index in [0.717, 1.165) is 12.8 Å². The van der Waals surface area contributed by atoms with Crippen molar-refractivity contribution < 1.29 is 5.11 Å². The van der Waals surface area contributed by atoms with Gasteiger partial charge in [0.05, 0.1) is 6.10 Å². The Hall–Kier alpha value is -0.120. The summed E-state index contributed by atoms with van der Waals surface area (Å²) in [5, 5.41) is 12.4. The fourth-order valence-corrected chi connectivity index (χ4v) is 3.13. The van der Waals surface area contributed by atoms with Crippen molar-refractivity contribution in [3.63, 3.8) is 0 Å². The average molecular weight is 226 g/mol. The van der Waals surface area contributed by atoms with Crippen LogP contribution in [0.15, 0.2) is 0 Å². The number of hydrogen-bond donors (Lipinski definition) is 2. The summed E-state index contributed by atoms with van der Waals surface area (Å²) in [5.74, 6) is 0. The molecule has 1 heterocycles. The van der Waals surface area contributed by atoms with E-state index in [1.54, 1.807) is 0 Å². The van der Waals surface area contributed by atoms with Crippen LogP contribution < -0.4 is 5.43 Å².